The van der Waals surface area contributed by atoms with Crippen LogP contribution in [0.1, 0.15) is 0 Å². The molecule has 0 heterocycles. The topological polar surface area (TPSA) is 29.4 Å². The Morgan fingerprint density at radius 3 is 2.60 bits per heavy atom. The van der Waals surface area contributed by atoms with Crippen LogP contribution in [0.5, 0.6) is 0 Å². The summed E-state index contributed by atoms with van der Waals surface area (Å²) in [4.78, 5) is 13.3. The Kier molecular flexibility index (Phi) is 4.11. The van der Waals surface area contributed by atoms with Crippen molar-refractivity contribution in [2.24, 2.45) is 4.99 Å². The number of benzene rings is 1. The Balaban J connectivity index is 2.98. The highest BCUT2D eigenvalue weighted by Gasteiger charge is 2.27. The Labute approximate surface area is 98.3 Å². The first-order valence-electron chi connectivity index (χ1n) is 3.55. The van der Waals surface area contributed by atoms with E-state index in [0.29, 0.717) is 0 Å². The van der Waals surface area contributed by atoms with Crippen LogP contribution in [0.4, 0.5) is 14.5 Å². The maximum Gasteiger partial charge on any atom is 0.375 e. The number of thioether (sulfide) groups is 1. The molecule has 0 amide bonds. The van der Waals surface area contributed by atoms with E-state index < -0.39 is 4.71 Å². The van der Waals surface area contributed by atoms with Crippen molar-refractivity contribution < 1.29 is 13.6 Å². The summed E-state index contributed by atoms with van der Waals surface area (Å²) in [6.07, 6.45) is 1.31. The molecule has 0 bridgehead atoms. The number of carbonyl (C=O) groups excluding carboxylic acids is 1. The van der Waals surface area contributed by atoms with Gasteiger partial charge in [0, 0.05) is 4.90 Å². The largest absolute Gasteiger partial charge is 0.375 e. The van der Waals surface area contributed by atoms with E-state index in [1.54, 1.807) is 0 Å². The number of hydrogen-bond acceptors (Lipinski definition) is 3. The van der Waals surface area contributed by atoms with Crippen LogP contribution < -0.4 is 0 Å². The maximum absolute atomic E-state index is 12.4. The van der Waals surface area contributed by atoms with Crippen LogP contribution in [-0.4, -0.2) is 10.8 Å². The van der Waals surface area contributed by atoms with E-state index >= 15 is 0 Å². The first-order valence-corrected chi connectivity index (χ1v) is 5.13. The van der Waals surface area contributed by atoms with Crippen molar-refractivity contribution in [1.82, 2.24) is 0 Å². The number of nitrogens with zero attached hydrogens (tertiary/aromatic N) is 1. The zero-order valence-corrected chi connectivity index (χ0v) is 9.34. The molecular formula is C8H3Cl2F2NOS. The molecule has 0 N–H and O–H groups in total. The fraction of sp³-hybridized carbons (Fsp3) is 0.125. The summed E-state index contributed by atoms with van der Waals surface area (Å²) in [5.41, 5.74) is 0.247. The fourth-order valence-corrected chi connectivity index (χ4v) is 1.90. The van der Waals surface area contributed by atoms with Crippen LogP contribution in [0.25, 0.3) is 0 Å². The number of isocyanates is 1. The third-order valence-corrected chi connectivity index (χ3v) is 2.78. The van der Waals surface area contributed by atoms with Gasteiger partial charge in [-0.1, -0.05) is 11.6 Å². The molecule has 2 nitrogen and oxygen atoms in total. The lowest BCUT2D eigenvalue weighted by Crippen LogP contribution is -1.97. The third kappa shape index (κ3) is 4.18. The second kappa shape index (κ2) is 4.94. The van der Waals surface area contributed by atoms with E-state index in [2.05, 4.69) is 4.99 Å². The summed E-state index contributed by atoms with van der Waals surface area (Å²) in [5, 5.41) is 0.0526. The van der Waals surface area contributed by atoms with Crippen molar-refractivity contribution in [1.29, 1.82) is 0 Å². The molecular weight excluding hydrogens is 267 g/mol. The summed E-state index contributed by atoms with van der Waals surface area (Å²) < 4.78 is 21.4. The van der Waals surface area contributed by atoms with Crippen molar-refractivity contribution in [3.63, 3.8) is 0 Å². The molecule has 0 aromatic heterocycles. The SMILES string of the molecule is O=C=Nc1ccc(SC(F)(F)Cl)c(Cl)c1. The van der Waals surface area contributed by atoms with E-state index in [4.69, 9.17) is 23.2 Å². The number of alkyl halides is 3. The summed E-state index contributed by atoms with van der Waals surface area (Å²) in [7, 11) is 0. The molecule has 7 heteroatoms. The van der Waals surface area contributed by atoms with Crippen molar-refractivity contribution in [2.75, 3.05) is 0 Å². The lowest BCUT2D eigenvalue weighted by molar-refractivity contribution is 0.203. The normalized spacial score (nSPS) is 10.9. The Bertz CT molecular complexity index is 416. The van der Waals surface area contributed by atoms with Crippen LogP contribution in [0.2, 0.25) is 5.02 Å². The monoisotopic (exact) mass is 269 g/mol. The number of aliphatic imine (C=N–C) groups is 1. The molecule has 0 unspecified atom stereocenters. The van der Waals surface area contributed by atoms with Gasteiger partial charge in [0.2, 0.25) is 6.08 Å². The molecule has 0 saturated heterocycles. The Morgan fingerprint density at radius 2 is 2.13 bits per heavy atom. The molecule has 80 valence electrons. The number of hydrogen-bond donors (Lipinski definition) is 0. The van der Waals surface area contributed by atoms with Crippen LogP contribution in [0, 0.1) is 0 Å². The highest BCUT2D eigenvalue weighted by Crippen LogP contribution is 2.42. The van der Waals surface area contributed by atoms with Gasteiger partial charge in [-0.05, 0) is 41.6 Å². The summed E-state index contributed by atoms with van der Waals surface area (Å²) in [6, 6.07) is 3.94. The molecule has 0 saturated carbocycles. The standard InChI is InChI=1S/C8H3Cl2F2NOS/c9-6-3-5(13-4-14)1-2-7(6)15-8(10,11)12/h1-3H. The van der Waals surface area contributed by atoms with Gasteiger partial charge in [-0.2, -0.15) is 13.8 Å². The summed E-state index contributed by atoms with van der Waals surface area (Å²) >= 11 is 10.5. The Hall–Kier alpha value is -0.610. The maximum atomic E-state index is 12.4. The average Bonchev–Trinajstić information content (AvgIpc) is 2.08. The van der Waals surface area contributed by atoms with Crippen LogP contribution >= 0.6 is 35.0 Å². The quantitative estimate of drug-likeness (QED) is 0.356. The lowest BCUT2D eigenvalue weighted by atomic mass is 10.3. The highest BCUT2D eigenvalue weighted by atomic mass is 35.5. The molecule has 1 aromatic rings. The fourth-order valence-electron chi connectivity index (χ4n) is 0.819. The van der Waals surface area contributed by atoms with Gasteiger partial charge < -0.3 is 0 Å². The van der Waals surface area contributed by atoms with Gasteiger partial charge in [0.25, 0.3) is 0 Å². The van der Waals surface area contributed by atoms with Crippen LogP contribution in [0.3, 0.4) is 0 Å². The first kappa shape index (κ1) is 12.5. The predicted octanol–water partition coefficient (Wildman–Crippen LogP) is 4.19. The molecule has 0 aliphatic carbocycles. The molecule has 0 aliphatic heterocycles. The van der Waals surface area contributed by atoms with E-state index in [0.717, 1.165) is 0 Å². The molecule has 1 aromatic carbocycles. The van der Waals surface area contributed by atoms with Gasteiger partial charge in [0.1, 0.15) is 0 Å². The summed E-state index contributed by atoms with van der Waals surface area (Å²) in [6.45, 7) is 0. The number of halogens is 4. The molecule has 0 atom stereocenters. The minimum atomic E-state index is -3.42. The second-order valence-electron chi connectivity index (χ2n) is 2.37. The minimum Gasteiger partial charge on any atom is -0.211 e. The van der Waals surface area contributed by atoms with Crippen molar-refractivity contribution in [3.8, 4) is 0 Å². The molecule has 0 spiro atoms. The average molecular weight is 270 g/mol. The van der Waals surface area contributed by atoms with E-state index in [9.17, 15) is 13.6 Å². The smallest absolute Gasteiger partial charge is 0.211 e. The van der Waals surface area contributed by atoms with Crippen LogP contribution in [0.15, 0.2) is 28.1 Å². The van der Waals surface area contributed by atoms with Gasteiger partial charge in [-0.3, -0.25) is 0 Å². The predicted molar refractivity (Wildman–Crippen MR) is 55.9 cm³/mol. The van der Waals surface area contributed by atoms with Crippen molar-refractivity contribution in [2.45, 2.75) is 9.61 Å². The molecule has 15 heavy (non-hydrogen) atoms. The van der Waals surface area contributed by atoms with Crippen molar-refractivity contribution >= 4 is 46.7 Å². The van der Waals surface area contributed by atoms with Gasteiger partial charge in [-0.15, -0.1) is 0 Å². The summed E-state index contributed by atoms with van der Waals surface area (Å²) in [5.74, 6) is 0. The van der Waals surface area contributed by atoms with Gasteiger partial charge in [0.05, 0.1) is 10.7 Å². The highest BCUT2D eigenvalue weighted by molar-refractivity contribution is 8.01. The van der Waals surface area contributed by atoms with Gasteiger partial charge >= 0.3 is 4.71 Å². The van der Waals surface area contributed by atoms with Gasteiger partial charge in [-0.25, -0.2) is 4.79 Å². The first-order chi connectivity index (χ1) is 6.92. The molecule has 0 radical (unpaired) electrons. The molecule has 0 aliphatic rings. The van der Waals surface area contributed by atoms with Crippen molar-refractivity contribution in [3.05, 3.63) is 23.2 Å². The second-order valence-corrected chi connectivity index (χ2v) is 4.63. The van der Waals surface area contributed by atoms with E-state index in [1.807, 2.05) is 0 Å². The van der Waals surface area contributed by atoms with Crippen LogP contribution in [-0.2, 0) is 4.79 Å². The minimum absolute atomic E-state index is 0.0526. The Morgan fingerprint density at radius 1 is 1.47 bits per heavy atom. The molecule has 1 rings (SSSR count). The van der Waals surface area contributed by atoms with Gasteiger partial charge in [0.15, 0.2) is 0 Å². The lowest BCUT2D eigenvalue weighted by Gasteiger charge is -2.08. The van der Waals surface area contributed by atoms with E-state index in [-0.39, 0.29) is 27.4 Å². The van der Waals surface area contributed by atoms with E-state index in [1.165, 1.54) is 24.3 Å². The zero-order valence-electron chi connectivity index (χ0n) is 7.01. The zero-order chi connectivity index (χ0) is 11.5. The third-order valence-electron chi connectivity index (χ3n) is 1.32. The molecule has 0 fully saturated rings. The number of rotatable bonds is 3.